The van der Waals surface area contributed by atoms with Crippen LogP contribution in [0.4, 0.5) is 18.9 Å². The maximum absolute atomic E-state index is 14.2. The van der Waals surface area contributed by atoms with Crippen LogP contribution in [-0.2, 0) is 60.6 Å². The Kier molecular flexibility index (Phi) is 14.2. The third kappa shape index (κ3) is 12.4. The van der Waals surface area contributed by atoms with Gasteiger partial charge in [0.1, 0.15) is 29.9 Å². The van der Waals surface area contributed by atoms with Crippen LogP contribution in [0.1, 0.15) is 40.7 Å². The van der Waals surface area contributed by atoms with Crippen molar-refractivity contribution in [2.45, 2.75) is 68.9 Å². The largest absolute Gasteiger partial charge is 0.497 e. The second-order valence-corrected chi connectivity index (χ2v) is 13.7. The molecule has 6 N–H and O–H groups in total. The number of carbonyl (C=O) groups is 6. The third-order valence-corrected chi connectivity index (χ3v) is 9.39. The van der Waals surface area contributed by atoms with Crippen molar-refractivity contribution in [3.63, 3.8) is 0 Å². The molecule has 4 aromatic carbocycles. The predicted octanol–water partition coefficient (Wildman–Crippen LogP) is 3.74. The van der Waals surface area contributed by atoms with Gasteiger partial charge in [0.25, 0.3) is 0 Å². The van der Waals surface area contributed by atoms with E-state index in [0.29, 0.717) is 28.1 Å². The van der Waals surface area contributed by atoms with Gasteiger partial charge in [0.15, 0.2) is 0 Å². The molecule has 4 atom stereocenters. The van der Waals surface area contributed by atoms with Gasteiger partial charge in [-0.05, 0) is 58.7 Å². The maximum atomic E-state index is 14.2. The third-order valence-electron chi connectivity index (χ3n) is 9.39. The van der Waals surface area contributed by atoms with Gasteiger partial charge in [-0.3, -0.25) is 24.0 Å². The standard InChI is InChI=1S/C42H42F3N5O8/c1-58-31-17-11-28(12-18-31)22-32-38(53)48-34(23-26-7-13-29(14-8-26)42(43,44)45)39(54)49-33(21-25-5-3-2-4-6-25)40(55)50-35(41(56)57)24-27-9-15-30(16-10-27)46-36(51)19-20-37(52)47-32/h2-18,32-35H,19-24H2,1H3,(H,46,51)(H,47,52)(H,48,53)(H,49,54)(H,50,55)(H,56,57). The van der Waals surface area contributed by atoms with Crippen LogP contribution in [0.15, 0.2) is 103 Å². The quantitative estimate of drug-likeness (QED) is 0.145. The van der Waals surface area contributed by atoms with Crippen molar-refractivity contribution in [2.24, 2.45) is 0 Å². The molecule has 2 bridgehead atoms. The van der Waals surface area contributed by atoms with E-state index in [1.54, 1.807) is 78.9 Å². The average Bonchev–Trinajstić information content (AvgIpc) is 3.19. The number of aliphatic carboxylic acids is 1. The van der Waals surface area contributed by atoms with Crippen molar-refractivity contribution in [1.29, 1.82) is 0 Å². The van der Waals surface area contributed by atoms with E-state index in [9.17, 15) is 47.0 Å². The van der Waals surface area contributed by atoms with E-state index in [0.717, 1.165) is 24.3 Å². The van der Waals surface area contributed by atoms with Crippen LogP contribution in [-0.4, -0.2) is 71.9 Å². The number of anilines is 1. The number of carbonyl (C=O) groups excluding carboxylic acids is 5. The minimum atomic E-state index is -4.63. The fourth-order valence-electron chi connectivity index (χ4n) is 6.23. The first-order valence-electron chi connectivity index (χ1n) is 18.3. The highest BCUT2D eigenvalue weighted by molar-refractivity contribution is 5.96. The van der Waals surface area contributed by atoms with Crippen molar-refractivity contribution < 1.29 is 51.8 Å². The Bertz CT molecular complexity index is 2080. The summed E-state index contributed by atoms with van der Waals surface area (Å²) in [7, 11) is 1.48. The summed E-state index contributed by atoms with van der Waals surface area (Å²) < 4.78 is 45.4. The van der Waals surface area contributed by atoms with Crippen molar-refractivity contribution in [1.82, 2.24) is 21.3 Å². The van der Waals surface area contributed by atoms with E-state index in [2.05, 4.69) is 26.6 Å². The summed E-state index contributed by atoms with van der Waals surface area (Å²) in [4.78, 5) is 80.7. The fraction of sp³-hybridized carbons (Fsp3) is 0.286. The number of ether oxygens (including phenoxy) is 1. The number of hydrogen-bond donors (Lipinski definition) is 6. The molecule has 4 aromatic rings. The highest BCUT2D eigenvalue weighted by atomic mass is 19.4. The fourth-order valence-corrected chi connectivity index (χ4v) is 6.23. The van der Waals surface area contributed by atoms with Crippen molar-refractivity contribution in [3.8, 4) is 5.75 Å². The summed E-state index contributed by atoms with van der Waals surface area (Å²) in [5.41, 5.74) is 1.35. The van der Waals surface area contributed by atoms with Crippen molar-refractivity contribution in [3.05, 3.63) is 131 Å². The molecular weight excluding hydrogens is 759 g/mol. The number of amides is 5. The summed E-state index contributed by atoms with van der Waals surface area (Å²) in [6, 6.07) is 19.7. The summed E-state index contributed by atoms with van der Waals surface area (Å²) in [5, 5.41) is 23.1. The topological polar surface area (TPSA) is 192 Å². The number of halogens is 3. The molecule has 58 heavy (non-hydrogen) atoms. The molecule has 6 rings (SSSR count). The van der Waals surface area contributed by atoms with Crippen molar-refractivity contribution in [2.75, 3.05) is 12.4 Å². The van der Waals surface area contributed by atoms with Crippen LogP contribution < -0.4 is 31.3 Å². The Morgan fingerprint density at radius 2 is 1.12 bits per heavy atom. The van der Waals surface area contributed by atoms with Crippen molar-refractivity contribution >= 4 is 41.2 Å². The van der Waals surface area contributed by atoms with Gasteiger partial charge in [-0.15, -0.1) is 0 Å². The van der Waals surface area contributed by atoms with Gasteiger partial charge in [-0.2, -0.15) is 13.2 Å². The number of fused-ring (bicyclic) bond motifs is 18. The smallest absolute Gasteiger partial charge is 0.416 e. The minimum Gasteiger partial charge on any atom is -0.497 e. The number of nitrogens with one attached hydrogen (secondary N) is 5. The molecule has 0 saturated carbocycles. The number of alkyl halides is 3. The number of hydrogen-bond acceptors (Lipinski definition) is 7. The molecule has 13 nitrogen and oxygen atoms in total. The van der Waals surface area contributed by atoms with Gasteiger partial charge in [-0.1, -0.05) is 66.7 Å². The first-order chi connectivity index (χ1) is 27.7. The lowest BCUT2D eigenvalue weighted by Gasteiger charge is -2.26. The minimum absolute atomic E-state index is 0.0790. The lowest BCUT2D eigenvalue weighted by Crippen LogP contribution is -2.59. The molecule has 4 unspecified atom stereocenters. The molecule has 16 heteroatoms. The van der Waals surface area contributed by atoms with Gasteiger partial charge >= 0.3 is 12.1 Å². The molecule has 2 aliphatic heterocycles. The molecule has 304 valence electrons. The first-order valence-corrected chi connectivity index (χ1v) is 18.3. The summed E-state index contributed by atoms with van der Waals surface area (Å²) in [6.07, 6.45) is -5.90. The highest BCUT2D eigenvalue weighted by Crippen LogP contribution is 2.29. The zero-order chi connectivity index (χ0) is 41.8. The number of benzene rings is 4. The Balaban J connectivity index is 1.52. The second-order valence-electron chi connectivity index (χ2n) is 13.7. The van der Waals surface area contributed by atoms with Gasteiger partial charge in [0, 0.05) is 44.2 Å². The van der Waals surface area contributed by atoms with E-state index in [-0.39, 0.29) is 44.1 Å². The lowest BCUT2D eigenvalue weighted by molar-refractivity contribution is -0.142. The van der Waals surface area contributed by atoms with E-state index in [4.69, 9.17) is 4.74 Å². The maximum Gasteiger partial charge on any atom is 0.416 e. The van der Waals surface area contributed by atoms with Crippen LogP contribution in [0.2, 0.25) is 0 Å². The number of methoxy groups -OCH3 is 1. The second kappa shape index (κ2) is 19.4. The Morgan fingerprint density at radius 3 is 1.64 bits per heavy atom. The molecule has 0 fully saturated rings. The molecule has 2 heterocycles. The number of carboxylic acids is 1. The van der Waals surface area contributed by atoms with E-state index >= 15 is 0 Å². The molecule has 0 saturated heterocycles. The molecule has 2 aliphatic rings. The SMILES string of the molecule is COc1ccc(CC2NC(=O)CCC(=O)Nc3ccc(cc3)CC(C(=O)O)NC(=O)C(Cc3ccccc3)NC(=O)C(Cc3ccc(C(F)(F)F)cc3)NC2=O)cc1. The van der Waals surface area contributed by atoms with Gasteiger partial charge in [0.05, 0.1) is 12.7 Å². The summed E-state index contributed by atoms with van der Waals surface area (Å²) in [6.45, 7) is 0. The van der Waals surface area contributed by atoms with Gasteiger partial charge in [0.2, 0.25) is 29.5 Å². The zero-order valence-corrected chi connectivity index (χ0v) is 31.3. The molecule has 0 aliphatic carbocycles. The predicted molar refractivity (Wildman–Crippen MR) is 205 cm³/mol. The Hall–Kier alpha value is -6.71. The van der Waals surface area contributed by atoms with Crippen LogP contribution in [0.25, 0.3) is 0 Å². The highest BCUT2D eigenvalue weighted by Gasteiger charge is 2.33. The summed E-state index contributed by atoms with van der Waals surface area (Å²) in [5.74, 6) is -4.62. The monoisotopic (exact) mass is 801 g/mol. The Labute approximate surface area is 331 Å². The van der Waals surface area contributed by atoms with E-state index in [1.165, 1.54) is 7.11 Å². The van der Waals surface area contributed by atoms with Crippen LogP contribution in [0, 0.1) is 0 Å². The molecule has 0 spiro atoms. The normalized spacial score (nSPS) is 20.0. The van der Waals surface area contributed by atoms with Gasteiger partial charge in [-0.25, -0.2) is 4.79 Å². The average molecular weight is 802 g/mol. The van der Waals surface area contributed by atoms with Crippen LogP contribution in [0.3, 0.4) is 0 Å². The number of carboxylic acid groups (broad SMARTS) is 1. The number of rotatable bonds is 8. The lowest BCUT2D eigenvalue weighted by atomic mass is 9.99. The molecule has 0 aromatic heterocycles. The van der Waals surface area contributed by atoms with Crippen LogP contribution >= 0.6 is 0 Å². The Morgan fingerprint density at radius 1 is 0.638 bits per heavy atom. The first kappa shape index (κ1) is 42.4. The zero-order valence-electron chi connectivity index (χ0n) is 31.3. The van der Waals surface area contributed by atoms with Gasteiger partial charge < -0.3 is 36.4 Å². The molecule has 0 radical (unpaired) electrons. The van der Waals surface area contributed by atoms with Crippen LogP contribution in [0.5, 0.6) is 5.75 Å². The molecular formula is C42H42F3N5O8. The summed E-state index contributed by atoms with van der Waals surface area (Å²) >= 11 is 0. The molecule has 5 amide bonds. The van der Waals surface area contributed by atoms with E-state index < -0.39 is 71.4 Å². The van der Waals surface area contributed by atoms with E-state index in [1.807, 2.05) is 0 Å².